The number of anilines is 2. The van der Waals surface area contributed by atoms with Crippen LogP contribution in [0.4, 0.5) is 16.2 Å². The molecule has 0 spiro atoms. The number of hydrogen-bond donors (Lipinski definition) is 3. The molecule has 116 valence electrons. The zero-order valence-corrected chi connectivity index (χ0v) is 12.2. The number of nitrogens with one attached hydrogen (secondary N) is 3. The Balaban J connectivity index is 1.76. The first-order valence-corrected chi connectivity index (χ1v) is 6.76. The van der Waals surface area contributed by atoms with E-state index in [0.29, 0.717) is 17.7 Å². The Kier molecular flexibility index (Phi) is 4.77. The van der Waals surface area contributed by atoms with Crippen molar-refractivity contribution in [3.05, 3.63) is 35.9 Å². The van der Waals surface area contributed by atoms with Crippen LogP contribution < -0.4 is 16.0 Å². The summed E-state index contributed by atoms with van der Waals surface area (Å²) < 4.78 is 4.85. The van der Waals surface area contributed by atoms with Gasteiger partial charge in [-0.3, -0.25) is 4.79 Å². The van der Waals surface area contributed by atoms with Gasteiger partial charge in [-0.15, -0.1) is 0 Å². The van der Waals surface area contributed by atoms with Gasteiger partial charge >= 0.3 is 12.0 Å². The van der Waals surface area contributed by atoms with Crippen molar-refractivity contribution in [3.63, 3.8) is 0 Å². The Hall–Kier alpha value is -2.83. The van der Waals surface area contributed by atoms with Gasteiger partial charge in [-0.25, -0.2) is 9.59 Å². The smallest absolute Gasteiger partial charge is 0.333 e. The van der Waals surface area contributed by atoms with Gasteiger partial charge in [0.05, 0.1) is 13.0 Å². The highest BCUT2D eigenvalue weighted by atomic mass is 16.5. The average molecular weight is 303 g/mol. The van der Waals surface area contributed by atoms with Crippen LogP contribution in [-0.2, 0) is 20.7 Å². The standard InChI is InChI=1S/C15H17N3O4/c1-9(2)14(20)22-6-5-16-15(21)17-11-3-4-12-10(7-11)8-13(19)18-12/h3-4,7H,1,5-6,8H2,2H3,(H,18,19)(H2,16,17,21). The molecule has 3 amide bonds. The van der Waals surface area contributed by atoms with E-state index in [9.17, 15) is 14.4 Å². The van der Waals surface area contributed by atoms with E-state index in [-0.39, 0.29) is 19.1 Å². The van der Waals surface area contributed by atoms with Crippen LogP contribution in [0.2, 0.25) is 0 Å². The summed E-state index contributed by atoms with van der Waals surface area (Å²) in [6, 6.07) is 4.77. The van der Waals surface area contributed by atoms with Gasteiger partial charge in [-0.05, 0) is 30.7 Å². The minimum absolute atomic E-state index is 0.0593. The first-order chi connectivity index (χ1) is 10.5. The molecule has 2 rings (SSSR count). The van der Waals surface area contributed by atoms with Crippen LogP contribution >= 0.6 is 0 Å². The minimum atomic E-state index is -0.488. The summed E-state index contributed by atoms with van der Waals surface area (Å²) in [7, 11) is 0. The zero-order chi connectivity index (χ0) is 16.1. The van der Waals surface area contributed by atoms with E-state index < -0.39 is 12.0 Å². The van der Waals surface area contributed by atoms with Gasteiger partial charge in [-0.1, -0.05) is 6.58 Å². The Labute approximate surface area is 127 Å². The van der Waals surface area contributed by atoms with Gasteiger partial charge in [-0.2, -0.15) is 0 Å². The molecule has 3 N–H and O–H groups in total. The van der Waals surface area contributed by atoms with Crippen LogP contribution in [0.1, 0.15) is 12.5 Å². The number of benzene rings is 1. The number of fused-ring (bicyclic) bond motifs is 1. The molecule has 1 aromatic carbocycles. The average Bonchev–Trinajstić information content (AvgIpc) is 2.82. The van der Waals surface area contributed by atoms with E-state index in [2.05, 4.69) is 22.5 Å². The van der Waals surface area contributed by atoms with Crippen LogP contribution in [0.15, 0.2) is 30.4 Å². The van der Waals surface area contributed by atoms with Gasteiger partial charge in [0.15, 0.2) is 0 Å². The Morgan fingerprint density at radius 1 is 1.41 bits per heavy atom. The molecule has 0 bridgehead atoms. The number of hydrogen-bond acceptors (Lipinski definition) is 4. The predicted molar refractivity (Wildman–Crippen MR) is 81.6 cm³/mol. The molecule has 0 saturated carbocycles. The van der Waals surface area contributed by atoms with Crippen LogP contribution in [0.5, 0.6) is 0 Å². The lowest BCUT2D eigenvalue weighted by Gasteiger charge is -2.09. The number of rotatable bonds is 5. The van der Waals surface area contributed by atoms with Crippen LogP contribution in [0, 0.1) is 0 Å². The van der Waals surface area contributed by atoms with E-state index in [4.69, 9.17) is 4.74 Å². The van der Waals surface area contributed by atoms with Crippen molar-refractivity contribution in [1.29, 1.82) is 0 Å². The van der Waals surface area contributed by atoms with Crippen molar-refractivity contribution >= 4 is 29.3 Å². The second kappa shape index (κ2) is 6.75. The van der Waals surface area contributed by atoms with E-state index in [0.717, 1.165) is 11.3 Å². The molecule has 22 heavy (non-hydrogen) atoms. The maximum absolute atomic E-state index is 11.7. The molecule has 1 heterocycles. The summed E-state index contributed by atoms with van der Waals surface area (Å²) >= 11 is 0. The van der Waals surface area contributed by atoms with Crippen molar-refractivity contribution in [2.24, 2.45) is 0 Å². The number of ether oxygens (including phenoxy) is 1. The lowest BCUT2D eigenvalue weighted by atomic mass is 10.1. The third kappa shape index (κ3) is 4.08. The normalized spacial score (nSPS) is 12.1. The molecule has 0 aliphatic carbocycles. The summed E-state index contributed by atoms with van der Waals surface area (Å²) in [5.41, 5.74) is 2.51. The fourth-order valence-electron chi connectivity index (χ4n) is 1.91. The van der Waals surface area contributed by atoms with E-state index in [1.54, 1.807) is 25.1 Å². The fraction of sp³-hybridized carbons (Fsp3) is 0.267. The molecule has 1 aliphatic rings. The van der Waals surface area contributed by atoms with Gasteiger partial charge < -0.3 is 20.7 Å². The second-order valence-electron chi connectivity index (χ2n) is 4.89. The molecular formula is C15H17N3O4. The van der Waals surface area contributed by atoms with Crippen LogP contribution in [0.3, 0.4) is 0 Å². The van der Waals surface area contributed by atoms with E-state index in [1.165, 1.54) is 0 Å². The van der Waals surface area contributed by atoms with Crippen LogP contribution in [-0.4, -0.2) is 31.1 Å². The Morgan fingerprint density at radius 2 is 2.18 bits per heavy atom. The van der Waals surface area contributed by atoms with Gasteiger partial charge in [0.1, 0.15) is 6.61 Å². The maximum Gasteiger partial charge on any atom is 0.333 e. The summed E-state index contributed by atoms with van der Waals surface area (Å²) in [5.74, 6) is -0.547. The van der Waals surface area contributed by atoms with Crippen molar-refractivity contribution in [1.82, 2.24) is 5.32 Å². The zero-order valence-electron chi connectivity index (χ0n) is 12.2. The number of amides is 3. The van der Waals surface area contributed by atoms with E-state index >= 15 is 0 Å². The number of esters is 1. The highest BCUT2D eigenvalue weighted by Crippen LogP contribution is 2.25. The predicted octanol–water partition coefficient (Wildman–Crippen LogP) is 1.42. The third-order valence-electron chi connectivity index (χ3n) is 2.96. The van der Waals surface area contributed by atoms with Crippen molar-refractivity contribution < 1.29 is 19.1 Å². The van der Waals surface area contributed by atoms with E-state index in [1.807, 2.05) is 0 Å². The topological polar surface area (TPSA) is 96.5 Å². The van der Waals surface area contributed by atoms with Gasteiger partial charge in [0.25, 0.3) is 0 Å². The van der Waals surface area contributed by atoms with Crippen LogP contribution in [0.25, 0.3) is 0 Å². The molecule has 0 atom stereocenters. The maximum atomic E-state index is 11.7. The summed E-state index contributed by atoms with van der Waals surface area (Å²) in [5, 5.41) is 7.93. The molecule has 7 nitrogen and oxygen atoms in total. The molecule has 1 aromatic rings. The Morgan fingerprint density at radius 3 is 2.91 bits per heavy atom. The molecule has 1 aliphatic heterocycles. The summed E-state index contributed by atoms with van der Waals surface area (Å²) in [4.78, 5) is 34.1. The second-order valence-corrected chi connectivity index (χ2v) is 4.89. The molecule has 0 radical (unpaired) electrons. The molecule has 0 saturated heterocycles. The first-order valence-electron chi connectivity index (χ1n) is 6.76. The Bertz CT molecular complexity index is 640. The summed E-state index contributed by atoms with van der Waals surface area (Å²) in [6.45, 7) is 5.27. The highest BCUT2D eigenvalue weighted by molar-refractivity contribution is 6.00. The lowest BCUT2D eigenvalue weighted by molar-refractivity contribution is -0.138. The van der Waals surface area contributed by atoms with Crippen molar-refractivity contribution in [2.45, 2.75) is 13.3 Å². The monoisotopic (exact) mass is 303 g/mol. The lowest BCUT2D eigenvalue weighted by Crippen LogP contribution is -2.32. The molecule has 0 fully saturated rings. The SMILES string of the molecule is C=C(C)C(=O)OCCNC(=O)Nc1ccc2c(c1)CC(=O)N2. The molecule has 0 aromatic heterocycles. The molecule has 0 unspecified atom stereocenters. The third-order valence-corrected chi connectivity index (χ3v) is 2.96. The quantitative estimate of drug-likeness (QED) is 0.435. The number of carbonyl (C=O) groups is 3. The van der Waals surface area contributed by atoms with Gasteiger partial charge in [0.2, 0.25) is 5.91 Å². The van der Waals surface area contributed by atoms with Gasteiger partial charge in [0, 0.05) is 16.9 Å². The molecular weight excluding hydrogens is 286 g/mol. The number of urea groups is 1. The minimum Gasteiger partial charge on any atom is -0.460 e. The largest absolute Gasteiger partial charge is 0.460 e. The first kappa shape index (κ1) is 15.6. The highest BCUT2D eigenvalue weighted by Gasteiger charge is 2.17. The van der Waals surface area contributed by atoms with Crippen molar-refractivity contribution in [3.8, 4) is 0 Å². The van der Waals surface area contributed by atoms with Crippen molar-refractivity contribution in [2.75, 3.05) is 23.8 Å². The summed E-state index contributed by atoms with van der Waals surface area (Å²) in [6.07, 6.45) is 0.309. The fourth-order valence-corrected chi connectivity index (χ4v) is 1.91. The molecule has 7 heteroatoms. The number of carbonyl (C=O) groups excluding carboxylic acids is 3.